The Labute approximate surface area is 137 Å². The van der Waals surface area contributed by atoms with Crippen LogP contribution in [0.15, 0.2) is 54.6 Å². The summed E-state index contributed by atoms with van der Waals surface area (Å²) >= 11 is 0. The third-order valence-corrected chi connectivity index (χ3v) is 4.14. The first kappa shape index (κ1) is 15.4. The fourth-order valence-corrected chi connectivity index (χ4v) is 2.87. The summed E-state index contributed by atoms with van der Waals surface area (Å²) in [7, 11) is 0. The number of carbonyl (C=O) groups excluding carboxylic acids is 1. The molecule has 120 valence electrons. The second-order valence-electron chi connectivity index (χ2n) is 5.86. The second kappa shape index (κ2) is 7.68. The molecule has 0 radical (unpaired) electrons. The third-order valence-electron chi connectivity index (χ3n) is 4.14. The van der Waals surface area contributed by atoms with E-state index in [0.29, 0.717) is 6.54 Å². The molecular weight excluding hydrogens is 286 g/mol. The van der Waals surface area contributed by atoms with Crippen molar-refractivity contribution in [3.05, 3.63) is 60.2 Å². The van der Waals surface area contributed by atoms with Crippen molar-refractivity contribution in [3.8, 4) is 0 Å². The van der Waals surface area contributed by atoms with Gasteiger partial charge in [-0.25, -0.2) is 4.79 Å². The van der Waals surface area contributed by atoms with E-state index < -0.39 is 0 Å². The van der Waals surface area contributed by atoms with Crippen LogP contribution in [-0.2, 0) is 6.42 Å². The smallest absolute Gasteiger partial charge is 0.319 e. The molecule has 0 aromatic heterocycles. The average molecular weight is 309 g/mol. The fourth-order valence-electron chi connectivity index (χ4n) is 2.87. The van der Waals surface area contributed by atoms with Crippen LogP contribution < -0.4 is 15.5 Å². The number of anilines is 2. The second-order valence-corrected chi connectivity index (χ2v) is 5.86. The van der Waals surface area contributed by atoms with Crippen LogP contribution in [0.25, 0.3) is 0 Å². The number of urea groups is 1. The number of nitrogens with zero attached hydrogens (tertiary/aromatic N) is 1. The number of amides is 2. The Morgan fingerprint density at radius 3 is 2.35 bits per heavy atom. The molecule has 0 aliphatic carbocycles. The molecule has 3 rings (SSSR count). The zero-order valence-electron chi connectivity index (χ0n) is 13.3. The fraction of sp³-hybridized carbons (Fsp3) is 0.316. The summed E-state index contributed by atoms with van der Waals surface area (Å²) in [5, 5.41) is 5.77. The van der Waals surface area contributed by atoms with Crippen molar-refractivity contribution in [1.29, 1.82) is 0 Å². The molecule has 0 atom stereocenters. The van der Waals surface area contributed by atoms with Crippen LogP contribution in [-0.4, -0.2) is 25.7 Å². The van der Waals surface area contributed by atoms with E-state index in [4.69, 9.17) is 0 Å². The van der Waals surface area contributed by atoms with Gasteiger partial charge in [0.05, 0.1) is 0 Å². The molecule has 2 N–H and O–H groups in total. The summed E-state index contributed by atoms with van der Waals surface area (Å²) in [6.45, 7) is 2.89. The molecule has 2 aromatic rings. The van der Waals surface area contributed by atoms with Gasteiger partial charge in [0.2, 0.25) is 0 Å². The van der Waals surface area contributed by atoms with Crippen molar-refractivity contribution in [1.82, 2.24) is 5.32 Å². The van der Waals surface area contributed by atoms with Crippen LogP contribution in [0.1, 0.15) is 18.4 Å². The highest BCUT2D eigenvalue weighted by Gasteiger charge is 2.11. The maximum atomic E-state index is 11.9. The van der Waals surface area contributed by atoms with Gasteiger partial charge >= 0.3 is 6.03 Å². The molecule has 1 fully saturated rings. The van der Waals surface area contributed by atoms with Crippen LogP contribution >= 0.6 is 0 Å². The first-order valence-corrected chi connectivity index (χ1v) is 8.25. The molecule has 1 saturated heterocycles. The van der Waals surface area contributed by atoms with Gasteiger partial charge in [0, 0.05) is 31.0 Å². The van der Waals surface area contributed by atoms with E-state index in [1.54, 1.807) is 0 Å². The van der Waals surface area contributed by atoms with E-state index in [-0.39, 0.29) is 6.03 Å². The lowest BCUT2D eigenvalue weighted by Gasteiger charge is -2.17. The Morgan fingerprint density at radius 1 is 0.957 bits per heavy atom. The van der Waals surface area contributed by atoms with Gasteiger partial charge in [-0.1, -0.05) is 30.3 Å². The number of carbonyl (C=O) groups is 1. The molecule has 1 aliphatic rings. The van der Waals surface area contributed by atoms with E-state index in [9.17, 15) is 4.79 Å². The van der Waals surface area contributed by atoms with E-state index in [1.807, 2.05) is 30.3 Å². The van der Waals surface area contributed by atoms with Crippen LogP contribution in [0.5, 0.6) is 0 Å². The summed E-state index contributed by atoms with van der Waals surface area (Å²) in [5.74, 6) is 0. The summed E-state index contributed by atoms with van der Waals surface area (Å²) in [6.07, 6.45) is 3.37. The first-order chi connectivity index (χ1) is 11.3. The summed E-state index contributed by atoms with van der Waals surface area (Å²) < 4.78 is 0. The minimum absolute atomic E-state index is 0.158. The summed E-state index contributed by atoms with van der Waals surface area (Å²) in [5.41, 5.74) is 3.28. The molecule has 4 nitrogen and oxygen atoms in total. The van der Waals surface area contributed by atoms with Crippen LogP contribution in [0, 0.1) is 0 Å². The zero-order valence-corrected chi connectivity index (χ0v) is 13.3. The molecule has 1 heterocycles. The standard InChI is InChI=1S/C19H23N3O/c23-19(20-13-12-16-6-2-1-3-7-16)21-17-8-10-18(11-9-17)22-14-4-5-15-22/h1-3,6-11H,4-5,12-15H2,(H2,20,21,23). The average Bonchev–Trinajstić information content (AvgIpc) is 3.11. The van der Waals surface area contributed by atoms with Gasteiger partial charge in [0.25, 0.3) is 0 Å². The van der Waals surface area contributed by atoms with E-state index >= 15 is 0 Å². The van der Waals surface area contributed by atoms with Crippen molar-refractivity contribution in [3.63, 3.8) is 0 Å². The largest absolute Gasteiger partial charge is 0.372 e. The molecule has 2 aromatic carbocycles. The van der Waals surface area contributed by atoms with Gasteiger partial charge in [-0.05, 0) is 49.1 Å². The van der Waals surface area contributed by atoms with Crippen LogP contribution in [0.2, 0.25) is 0 Å². The van der Waals surface area contributed by atoms with Crippen molar-refractivity contribution >= 4 is 17.4 Å². The molecule has 23 heavy (non-hydrogen) atoms. The van der Waals surface area contributed by atoms with E-state index in [1.165, 1.54) is 24.1 Å². The predicted octanol–water partition coefficient (Wildman–Crippen LogP) is 3.65. The van der Waals surface area contributed by atoms with E-state index in [0.717, 1.165) is 25.2 Å². The molecule has 0 spiro atoms. The Kier molecular flexibility index (Phi) is 5.14. The molecule has 4 heteroatoms. The van der Waals surface area contributed by atoms with Gasteiger partial charge in [0.15, 0.2) is 0 Å². The Hall–Kier alpha value is -2.49. The van der Waals surface area contributed by atoms with Crippen LogP contribution in [0.3, 0.4) is 0 Å². The number of hydrogen-bond acceptors (Lipinski definition) is 2. The SMILES string of the molecule is O=C(NCCc1ccccc1)Nc1ccc(N2CCCC2)cc1. The van der Waals surface area contributed by atoms with Crippen molar-refractivity contribution < 1.29 is 4.79 Å². The van der Waals surface area contributed by atoms with E-state index in [2.05, 4.69) is 39.8 Å². The monoisotopic (exact) mass is 309 g/mol. The number of rotatable bonds is 5. The number of nitrogens with one attached hydrogen (secondary N) is 2. The van der Waals surface area contributed by atoms with Gasteiger partial charge in [0.1, 0.15) is 0 Å². The number of hydrogen-bond donors (Lipinski definition) is 2. The lowest BCUT2D eigenvalue weighted by molar-refractivity contribution is 0.252. The van der Waals surface area contributed by atoms with Crippen molar-refractivity contribution in [2.75, 3.05) is 29.9 Å². The molecule has 0 unspecified atom stereocenters. The van der Waals surface area contributed by atoms with Gasteiger partial charge in [-0.15, -0.1) is 0 Å². The Bertz CT molecular complexity index is 619. The molecule has 0 saturated carbocycles. The topological polar surface area (TPSA) is 44.4 Å². The quantitative estimate of drug-likeness (QED) is 0.885. The van der Waals surface area contributed by atoms with Gasteiger partial charge in [-0.3, -0.25) is 0 Å². The van der Waals surface area contributed by atoms with Crippen molar-refractivity contribution in [2.24, 2.45) is 0 Å². The first-order valence-electron chi connectivity index (χ1n) is 8.25. The third kappa shape index (κ3) is 4.49. The molecule has 0 bridgehead atoms. The highest BCUT2D eigenvalue weighted by atomic mass is 16.2. The molecule has 1 aliphatic heterocycles. The molecule has 2 amide bonds. The maximum absolute atomic E-state index is 11.9. The summed E-state index contributed by atoms with van der Waals surface area (Å²) in [6, 6.07) is 18.1. The lowest BCUT2D eigenvalue weighted by atomic mass is 10.1. The van der Waals surface area contributed by atoms with Crippen LogP contribution in [0.4, 0.5) is 16.2 Å². The minimum Gasteiger partial charge on any atom is -0.372 e. The van der Waals surface area contributed by atoms with Gasteiger partial charge < -0.3 is 15.5 Å². The zero-order chi connectivity index (χ0) is 15.9. The number of benzene rings is 2. The summed E-state index contributed by atoms with van der Waals surface area (Å²) in [4.78, 5) is 14.3. The highest BCUT2D eigenvalue weighted by molar-refractivity contribution is 5.89. The molecular formula is C19H23N3O. The van der Waals surface area contributed by atoms with Crippen molar-refractivity contribution in [2.45, 2.75) is 19.3 Å². The normalized spacial score (nSPS) is 13.8. The Balaban J connectivity index is 1.44. The predicted molar refractivity (Wildman–Crippen MR) is 95.1 cm³/mol. The highest BCUT2D eigenvalue weighted by Crippen LogP contribution is 2.21. The minimum atomic E-state index is -0.158. The Morgan fingerprint density at radius 2 is 1.65 bits per heavy atom. The maximum Gasteiger partial charge on any atom is 0.319 e. The lowest BCUT2D eigenvalue weighted by Crippen LogP contribution is -2.30. The van der Waals surface area contributed by atoms with Gasteiger partial charge in [-0.2, -0.15) is 0 Å².